The van der Waals surface area contributed by atoms with Gasteiger partial charge in [-0.2, -0.15) is 0 Å². The fraction of sp³-hybridized carbons (Fsp3) is 0.429. The number of carbonyl (C=O) groups excluding carboxylic acids is 1. The van der Waals surface area contributed by atoms with Gasteiger partial charge in [-0.3, -0.25) is 4.79 Å². The summed E-state index contributed by atoms with van der Waals surface area (Å²) in [5.74, 6) is -2.55. The van der Waals surface area contributed by atoms with Crippen LogP contribution >= 0.6 is 0 Å². The maximum Gasteiger partial charge on any atom is 0.337 e. The van der Waals surface area contributed by atoms with Crippen LogP contribution in [0.1, 0.15) is 6.92 Å². The minimum atomic E-state index is -1.25. The molecule has 0 saturated heterocycles. The number of aliphatic hydroxyl groups excluding tert-OH is 1. The van der Waals surface area contributed by atoms with Crippen molar-refractivity contribution in [3.63, 3.8) is 0 Å². The van der Waals surface area contributed by atoms with Crippen LogP contribution in [0.3, 0.4) is 0 Å². The van der Waals surface area contributed by atoms with Gasteiger partial charge in [-0.05, 0) is 6.92 Å². The summed E-state index contributed by atoms with van der Waals surface area (Å²) in [5.41, 5.74) is -0.234. The van der Waals surface area contributed by atoms with Crippen LogP contribution in [0.25, 0.3) is 0 Å². The molecule has 5 nitrogen and oxygen atoms in total. The van der Waals surface area contributed by atoms with Crippen LogP contribution in [0.5, 0.6) is 0 Å². The van der Waals surface area contributed by atoms with Crippen LogP contribution in [-0.4, -0.2) is 40.1 Å². The molecule has 0 saturated carbocycles. The van der Waals surface area contributed by atoms with Crippen LogP contribution in [0.2, 0.25) is 0 Å². The minimum absolute atomic E-state index is 0.234. The first kappa shape index (κ1) is 8.58. The van der Waals surface area contributed by atoms with Crippen molar-refractivity contribution >= 4 is 11.9 Å². The third-order valence-electron chi connectivity index (χ3n) is 2.01. The molecule has 2 N–H and O–H groups in total. The Labute approximate surface area is 68.9 Å². The first-order valence-corrected chi connectivity index (χ1v) is 3.40. The molecule has 0 aromatic carbocycles. The van der Waals surface area contributed by atoms with E-state index in [4.69, 9.17) is 10.2 Å². The number of amides is 1. The van der Waals surface area contributed by atoms with E-state index in [0.717, 1.165) is 0 Å². The number of aliphatic hydroxyl groups is 1. The molecule has 1 unspecified atom stereocenters. The summed E-state index contributed by atoms with van der Waals surface area (Å²) in [4.78, 5) is 22.7. The van der Waals surface area contributed by atoms with Crippen molar-refractivity contribution in [2.45, 2.75) is 13.0 Å². The topological polar surface area (TPSA) is 77.8 Å². The van der Waals surface area contributed by atoms with Crippen LogP contribution in [0, 0.1) is 0 Å². The second-order valence-electron chi connectivity index (χ2n) is 2.66. The van der Waals surface area contributed by atoms with Crippen LogP contribution < -0.4 is 0 Å². The number of carbonyl (C=O) groups is 2. The number of likely N-dealkylation sites (N-methyl/N-ethyl adjacent to an activating group) is 1. The molecular weight excluding hydrogens is 162 g/mol. The van der Waals surface area contributed by atoms with Gasteiger partial charge in [0.2, 0.25) is 0 Å². The van der Waals surface area contributed by atoms with Crippen molar-refractivity contribution in [2.75, 3.05) is 7.05 Å². The van der Waals surface area contributed by atoms with Gasteiger partial charge in [-0.15, -0.1) is 0 Å². The summed E-state index contributed by atoms with van der Waals surface area (Å²) in [6, 6.07) is -0.560. The SMILES string of the molecule is CC1C(C(=O)O)=C(O)C(=O)N1C. The highest BCUT2D eigenvalue weighted by molar-refractivity contribution is 6.05. The van der Waals surface area contributed by atoms with E-state index in [1.165, 1.54) is 11.9 Å². The monoisotopic (exact) mass is 171 g/mol. The number of rotatable bonds is 1. The number of hydrogen-bond acceptors (Lipinski definition) is 3. The Morgan fingerprint density at radius 1 is 1.58 bits per heavy atom. The Morgan fingerprint density at radius 2 is 2.08 bits per heavy atom. The van der Waals surface area contributed by atoms with Crippen LogP contribution in [0.4, 0.5) is 0 Å². The maximum atomic E-state index is 11.0. The van der Waals surface area contributed by atoms with Crippen molar-refractivity contribution in [2.24, 2.45) is 0 Å². The van der Waals surface area contributed by atoms with E-state index in [9.17, 15) is 9.59 Å². The van der Waals surface area contributed by atoms with E-state index < -0.39 is 23.7 Å². The molecule has 1 amide bonds. The molecule has 0 aliphatic carbocycles. The smallest absolute Gasteiger partial charge is 0.337 e. The summed E-state index contributed by atoms with van der Waals surface area (Å²) in [6.45, 7) is 1.55. The lowest BCUT2D eigenvalue weighted by Gasteiger charge is -2.15. The molecule has 12 heavy (non-hydrogen) atoms. The van der Waals surface area contributed by atoms with Crippen molar-refractivity contribution in [3.8, 4) is 0 Å². The highest BCUT2D eigenvalue weighted by Crippen LogP contribution is 2.22. The Kier molecular flexibility index (Phi) is 1.79. The van der Waals surface area contributed by atoms with Crippen molar-refractivity contribution in [1.82, 2.24) is 4.90 Å². The first-order valence-electron chi connectivity index (χ1n) is 3.40. The van der Waals surface area contributed by atoms with Gasteiger partial charge in [0.15, 0.2) is 5.76 Å². The van der Waals surface area contributed by atoms with Crippen molar-refractivity contribution in [1.29, 1.82) is 0 Å². The normalized spacial score (nSPS) is 23.7. The van der Waals surface area contributed by atoms with Gasteiger partial charge in [0, 0.05) is 7.05 Å². The van der Waals surface area contributed by atoms with E-state index >= 15 is 0 Å². The number of aliphatic carboxylic acids is 1. The number of carboxylic acids is 1. The van der Waals surface area contributed by atoms with Gasteiger partial charge >= 0.3 is 5.97 Å². The Balaban J connectivity index is 3.13. The molecule has 0 aromatic heterocycles. The third-order valence-corrected chi connectivity index (χ3v) is 2.01. The summed E-state index contributed by atoms with van der Waals surface area (Å²) in [5, 5.41) is 17.7. The minimum Gasteiger partial charge on any atom is -0.503 e. The lowest BCUT2D eigenvalue weighted by atomic mass is 10.1. The third kappa shape index (κ3) is 0.939. The molecule has 1 rings (SSSR count). The van der Waals surface area contributed by atoms with Gasteiger partial charge in [0.1, 0.15) is 5.57 Å². The summed E-state index contributed by atoms with van der Waals surface area (Å²) >= 11 is 0. The lowest BCUT2D eigenvalue weighted by Crippen LogP contribution is -2.30. The van der Waals surface area contributed by atoms with E-state index in [1.807, 2.05) is 0 Å². The molecular formula is C7H9NO4. The number of nitrogens with zero attached hydrogens (tertiary/aromatic N) is 1. The summed E-state index contributed by atoms with van der Waals surface area (Å²) in [7, 11) is 1.44. The van der Waals surface area contributed by atoms with Crippen LogP contribution in [0.15, 0.2) is 11.3 Å². The summed E-state index contributed by atoms with van der Waals surface area (Å²) in [6.07, 6.45) is 0. The van der Waals surface area contributed by atoms with E-state index in [-0.39, 0.29) is 5.57 Å². The molecule has 1 heterocycles. The molecule has 0 bridgehead atoms. The van der Waals surface area contributed by atoms with Gasteiger partial charge in [-0.1, -0.05) is 0 Å². The predicted molar refractivity (Wildman–Crippen MR) is 39.5 cm³/mol. The maximum absolute atomic E-state index is 11.0. The second kappa shape index (κ2) is 2.51. The average molecular weight is 171 g/mol. The average Bonchev–Trinajstić information content (AvgIpc) is 2.16. The van der Waals surface area contributed by atoms with E-state index in [0.29, 0.717) is 0 Å². The molecule has 0 fully saturated rings. The fourth-order valence-corrected chi connectivity index (χ4v) is 1.13. The van der Waals surface area contributed by atoms with Gasteiger partial charge < -0.3 is 15.1 Å². The highest BCUT2D eigenvalue weighted by atomic mass is 16.4. The van der Waals surface area contributed by atoms with Crippen molar-refractivity contribution in [3.05, 3.63) is 11.3 Å². The highest BCUT2D eigenvalue weighted by Gasteiger charge is 2.37. The quantitative estimate of drug-likeness (QED) is 0.570. The predicted octanol–water partition coefficient (Wildman–Crippen LogP) is -0.256. The zero-order valence-corrected chi connectivity index (χ0v) is 6.74. The van der Waals surface area contributed by atoms with Gasteiger partial charge in [-0.25, -0.2) is 4.79 Å². The fourth-order valence-electron chi connectivity index (χ4n) is 1.13. The van der Waals surface area contributed by atoms with Gasteiger partial charge in [0.25, 0.3) is 5.91 Å². The van der Waals surface area contributed by atoms with Crippen LogP contribution in [-0.2, 0) is 9.59 Å². The van der Waals surface area contributed by atoms with Gasteiger partial charge in [0.05, 0.1) is 6.04 Å². The molecule has 1 aliphatic heterocycles. The summed E-state index contributed by atoms with van der Waals surface area (Å²) < 4.78 is 0. The molecule has 1 aliphatic rings. The lowest BCUT2D eigenvalue weighted by molar-refractivity contribution is -0.133. The molecule has 5 heteroatoms. The molecule has 0 radical (unpaired) electrons. The zero-order valence-electron chi connectivity index (χ0n) is 6.74. The molecule has 0 spiro atoms. The largest absolute Gasteiger partial charge is 0.503 e. The van der Waals surface area contributed by atoms with Crippen molar-refractivity contribution < 1.29 is 19.8 Å². The molecule has 0 aromatic rings. The number of carboxylic acid groups (broad SMARTS) is 1. The second-order valence-corrected chi connectivity index (χ2v) is 2.66. The van der Waals surface area contributed by atoms with E-state index in [1.54, 1.807) is 6.92 Å². The standard InChI is InChI=1S/C7H9NO4/c1-3-4(7(11)12)5(9)6(10)8(3)2/h3,9H,1-2H3,(H,11,12). The number of hydrogen-bond donors (Lipinski definition) is 2. The Morgan fingerprint density at radius 3 is 2.25 bits per heavy atom. The van der Waals surface area contributed by atoms with E-state index in [2.05, 4.69) is 0 Å². The molecule has 1 atom stereocenters. The first-order chi connectivity index (χ1) is 5.46. The molecule has 66 valence electrons. The Bertz CT molecular complexity index is 281. The Hall–Kier alpha value is -1.52. The zero-order chi connectivity index (χ0) is 9.46.